The van der Waals surface area contributed by atoms with Crippen LogP contribution in [0.15, 0.2) is 48.5 Å². The first kappa shape index (κ1) is 14.1. The molecule has 2 nitrogen and oxygen atoms in total. The van der Waals surface area contributed by atoms with Crippen LogP contribution in [0.3, 0.4) is 0 Å². The summed E-state index contributed by atoms with van der Waals surface area (Å²) in [7, 11) is 0. The van der Waals surface area contributed by atoms with E-state index in [2.05, 4.69) is 10.3 Å². The van der Waals surface area contributed by atoms with Gasteiger partial charge in [0.05, 0.1) is 33.5 Å². The average Bonchev–Trinajstić information content (AvgIpc) is 2.46. The molecule has 0 radical (unpaired) electrons. The molecule has 1 aromatic heterocycles. The zero-order valence-electron chi connectivity index (χ0n) is 10.9. The van der Waals surface area contributed by atoms with Crippen molar-refractivity contribution in [2.45, 2.75) is 6.54 Å². The lowest BCUT2D eigenvalue weighted by atomic mass is 10.2. The van der Waals surface area contributed by atoms with Crippen molar-refractivity contribution in [3.63, 3.8) is 0 Å². The zero-order chi connectivity index (χ0) is 14.8. The minimum Gasteiger partial charge on any atom is -0.377 e. The number of hydrogen-bond donors (Lipinski definition) is 1. The van der Waals surface area contributed by atoms with E-state index in [0.29, 0.717) is 12.2 Å². The summed E-state index contributed by atoms with van der Waals surface area (Å²) in [5, 5.41) is 4.68. The van der Waals surface area contributed by atoms with Crippen molar-refractivity contribution >= 4 is 39.8 Å². The maximum absolute atomic E-state index is 13.1. The predicted molar refractivity (Wildman–Crippen MR) is 85.5 cm³/mol. The Balaban J connectivity index is 1.83. The molecular weight excluding hydrogens is 310 g/mol. The van der Waals surface area contributed by atoms with E-state index in [-0.39, 0.29) is 10.0 Å². The van der Waals surface area contributed by atoms with Gasteiger partial charge in [0.25, 0.3) is 0 Å². The Hall–Kier alpha value is -1.84. The molecule has 0 aliphatic heterocycles. The van der Waals surface area contributed by atoms with Gasteiger partial charge in [-0.2, -0.15) is 0 Å². The summed E-state index contributed by atoms with van der Waals surface area (Å²) < 4.78 is 13.1. The SMILES string of the molecule is Fc1cc(Cl)c(NCc2ccc3ccccc3n2)c(Cl)c1. The maximum atomic E-state index is 13.1. The molecule has 0 spiro atoms. The smallest absolute Gasteiger partial charge is 0.126 e. The first-order chi connectivity index (χ1) is 10.1. The van der Waals surface area contributed by atoms with Gasteiger partial charge in [0.15, 0.2) is 0 Å². The second-order valence-corrected chi connectivity index (χ2v) is 5.41. The first-order valence-corrected chi connectivity index (χ1v) is 7.12. The third kappa shape index (κ3) is 3.09. The molecule has 3 rings (SSSR count). The Morgan fingerprint density at radius 1 is 1.00 bits per heavy atom. The van der Waals surface area contributed by atoms with Gasteiger partial charge in [0.2, 0.25) is 0 Å². The first-order valence-electron chi connectivity index (χ1n) is 6.36. The number of rotatable bonds is 3. The number of hydrogen-bond acceptors (Lipinski definition) is 2. The van der Waals surface area contributed by atoms with E-state index in [4.69, 9.17) is 23.2 Å². The van der Waals surface area contributed by atoms with Crippen LogP contribution < -0.4 is 5.32 Å². The lowest BCUT2D eigenvalue weighted by Gasteiger charge is -2.10. The fraction of sp³-hybridized carbons (Fsp3) is 0.0625. The van der Waals surface area contributed by atoms with Crippen LogP contribution in [-0.2, 0) is 6.54 Å². The quantitative estimate of drug-likeness (QED) is 0.709. The molecular formula is C16H11Cl2FN2. The van der Waals surface area contributed by atoms with Crippen LogP contribution in [0, 0.1) is 5.82 Å². The normalized spacial score (nSPS) is 10.8. The van der Waals surface area contributed by atoms with E-state index >= 15 is 0 Å². The van der Waals surface area contributed by atoms with Gasteiger partial charge in [-0.25, -0.2) is 4.39 Å². The third-order valence-electron chi connectivity index (χ3n) is 3.11. The number of para-hydroxylation sites is 1. The average molecular weight is 321 g/mol. The van der Waals surface area contributed by atoms with Crippen LogP contribution in [0.1, 0.15) is 5.69 Å². The Kier molecular flexibility index (Phi) is 3.95. The molecule has 0 aliphatic carbocycles. The van der Waals surface area contributed by atoms with Crippen LogP contribution in [0.2, 0.25) is 10.0 Å². The van der Waals surface area contributed by atoms with E-state index in [1.807, 2.05) is 36.4 Å². The number of nitrogens with zero attached hydrogens (tertiary/aromatic N) is 1. The number of benzene rings is 2. The fourth-order valence-corrected chi connectivity index (χ4v) is 2.69. The summed E-state index contributed by atoms with van der Waals surface area (Å²) in [6.07, 6.45) is 0. The van der Waals surface area contributed by atoms with Crippen LogP contribution in [0.25, 0.3) is 10.9 Å². The maximum Gasteiger partial charge on any atom is 0.126 e. The summed E-state index contributed by atoms with van der Waals surface area (Å²) >= 11 is 12.0. The Labute approximate surface area is 131 Å². The van der Waals surface area contributed by atoms with Crippen molar-refractivity contribution in [1.82, 2.24) is 4.98 Å². The van der Waals surface area contributed by atoms with Crippen molar-refractivity contribution in [2.24, 2.45) is 0 Å². The van der Waals surface area contributed by atoms with Crippen molar-refractivity contribution in [3.8, 4) is 0 Å². The van der Waals surface area contributed by atoms with Gasteiger partial charge >= 0.3 is 0 Å². The highest BCUT2D eigenvalue weighted by molar-refractivity contribution is 6.39. The monoisotopic (exact) mass is 320 g/mol. The minimum absolute atomic E-state index is 0.251. The molecule has 0 saturated heterocycles. The van der Waals surface area contributed by atoms with Crippen molar-refractivity contribution in [2.75, 3.05) is 5.32 Å². The van der Waals surface area contributed by atoms with Crippen molar-refractivity contribution < 1.29 is 4.39 Å². The van der Waals surface area contributed by atoms with Crippen molar-refractivity contribution in [3.05, 3.63) is 70.1 Å². The highest BCUT2D eigenvalue weighted by Gasteiger charge is 2.08. The lowest BCUT2D eigenvalue weighted by molar-refractivity contribution is 0.628. The van der Waals surface area contributed by atoms with E-state index in [0.717, 1.165) is 16.6 Å². The van der Waals surface area contributed by atoms with Crippen LogP contribution in [-0.4, -0.2) is 4.98 Å². The summed E-state index contributed by atoms with van der Waals surface area (Å²) in [4.78, 5) is 4.54. The number of fused-ring (bicyclic) bond motifs is 1. The molecule has 0 unspecified atom stereocenters. The fourth-order valence-electron chi connectivity index (χ4n) is 2.10. The molecule has 0 saturated carbocycles. The number of anilines is 1. The van der Waals surface area contributed by atoms with Crippen LogP contribution in [0.4, 0.5) is 10.1 Å². The molecule has 0 fully saturated rings. The molecule has 1 heterocycles. The Bertz CT molecular complexity index is 782. The second kappa shape index (κ2) is 5.88. The topological polar surface area (TPSA) is 24.9 Å². The molecule has 1 N–H and O–H groups in total. The summed E-state index contributed by atoms with van der Waals surface area (Å²) in [5.41, 5.74) is 2.29. The molecule has 0 atom stereocenters. The standard InChI is InChI=1S/C16H11Cl2FN2/c17-13-7-11(19)8-14(18)16(13)20-9-12-6-5-10-3-1-2-4-15(10)21-12/h1-8,20H,9H2. The van der Waals surface area contributed by atoms with E-state index in [1.54, 1.807) is 0 Å². The molecule has 5 heteroatoms. The molecule has 0 bridgehead atoms. The molecule has 3 aromatic rings. The van der Waals surface area contributed by atoms with Crippen molar-refractivity contribution in [1.29, 1.82) is 0 Å². The third-order valence-corrected chi connectivity index (χ3v) is 3.71. The summed E-state index contributed by atoms with van der Waals surface area (Å²) in [6.45, 7) is 0.454. The van der Waals surface area contributed by atoms with Gasteiger partial charge in [-0.1, -0.05) is 47.5 Å². The molecule has 0 aliphatic rings. The van der Waals surface area contributed by atoms with Gasteiger partial charge in [-0.05, 0) is 24.3 Å². The van der Waals surface area contributed by atoms with Gasteiger partial charge in [0.1, 0.15) is 5.82 Å². The molecule has 0 amide bonds. The number of pyridine rings is 1. The highest BCUT2D eigenvalue weighted by atomic mass is 35.5. The van der Waals surface area contributed by atoms with Gasteiger partial charge in [-0.3, -0.25) is 4.98 Å². The van der Waals surface area contributed by atoms with E-state index < -0.39 is 5.82 Å². The summed E-state index contributed by atoms with van der Waals surface area (Å²) in [6, 6.07) is 14.3. The summed E-state index contributed by atoms with van der Waals surface area (Å²) in [5.74, 6) is -0.459. The van der Waals surface area contributed by atoms with E-state index in [9.17, 15) is 4.39 Å². The van der Waals surface area contributed by atoms with E-state index in [1.165, 1.54) is 12.1 Å². The minimum atomic E-state index is -0.459. The van der Waals surface area contributed by atoms with Gasteiger partial charge < -0.3 is 5.32 Å². The predicted octanol–water partition coefficient (Wildman–Crippen LogP) is 5.29. The van der Waals surface area contributed by atoms with Crippen LogP contribution in [0.5, 0.6) is 0 Å². The number of aromatic nitrogens is 1. The number of nitrogens with one attached hydrogen (secondary N) is 1. The molecule has 21 heavy (non-hydrogen) atoms. The molecule has 106 valence electrons. The highest BCUT2D eigenvalue weighted by Crippen LogP contribution is 2.31. The largest absolute Gasteiger partial charge is 0.377 e. The van der Waals surface area contributed by atoms with Gasteiger partial charge in [0, 0.05) is 5.39 Å². The van der Waals surface area contributed by atoms with Crippen LogP contribution >= 0.6 is 23.2 Å². The molecule has 2 aromatic carbocycles. The van der Waals surface area contributed by atoms with Gasteiger partial charge in [-0.15, -0.1) is 0 Å². The zero-order valence-corrected chi connectivity index (χ0v) is 12.4. The Morgan fingerprint density at radius 3 is 2.48 bits per heavy atom. The number of halogens is 3. The lowest BCUT2D eigenvalue weighted by Crippen LogP contribution is -2.03. The Morgan fingerprint density at radius 2 is 1.71 bits per heavy atom. The second-order valence-electron chi connectivity index (χ2n) is 4.59.